The minimum Gasteiger partial charge on any atom is -0.504 e. The number of aromatic hydroxyl groups is 2. The highest BCUT2D eigenvalue weighted by Gasteiger charge is 2.03. The Kier molecular flexibility index (Phi) is 2.64. The summed E-state index contributed by atoms with van der Waals surface area (Å²) >= 11 is 0. The van der Waals surface area contributed by atoms with E-state index in [0.29, 0.717) is 11.6 Å². The van der Waals surface area contributed by atoms with Gasteiger partial charge in [0.05, 0.1) is 0 Å². The average molecular weight is 217 g/mol. The van der Waals surface area contributed by atoms with E-state index in [0.717, 1.165) is 5.56 Å². The molecule has 2 N–H and O–H groups in total. The minimum absolute atomic E-state index is 0.177. The molecule has 2 rings (SSSR count). The van der Waals surface area contributed by atoms with Crippen molar-refractivity contribution in [2.75, 3.05) is 0 Å². The van der Waals surface area contributed by atoms with Crippen LogP contribution in [-0.4, -0.2) is 15.2 Å². The van der Waals surface area contributed by atoms with Gasteiger partial charge in [-0.1, -0.05) is 6.07 Å². The monoisotopic (exact) mass is 217 g/mol. The fraction of sp³-hybridized carbons (Fsp3) is 0.0833. The lowest BCUT2D eigenvalue weighted by atomic mass is 10.3. The first-order valence-corrected chi connectivity index (χ1v) is 4.77. The molecule has 1 aromatic heterocycles. The molecule has 0 bridgehead atoms. The Balaban J connectivity index is 2.20. The molecule has 0 radical (unpaired) electrons. The maximum atomic E-state index is 9.27. The number of hydrogen-bond acceptors (Lipinski definition) is 4. The van der Waals surface area contributed by atoms with E-state index >= 15 is 0 Å². The smallest absolute Gasteiger partial charge is 0.219 e. The lowest BCUT2D eigenvalue weighted by Crippen LogP contribution is -1.87. The number of benzene rings is 1. The summed E-state index contributed by atoms with van der Waals surface area (Å²) in [7, 11) is 0. The van der Waals surface area contributed by atoms with Gasteiger partial charge >= 0.3 is 0 Å². The number of phenolic OH excluding ortho intramolecular Hbond substituents is 2. The van der Waals surface area contributed by atoms with Crippen LogP contribution in [0.25, 0.3) is 0 Å². The summed E-state index contributed by atoms with van der Waals surface area (Å²) in [5.74, 6) is 0.469. The number of pyridine rings is 1. The number of rotatable bonds is 2. The van der Waals surface area contributed by atoms with E-state index in [9.17, 15) is 5.11 Å². The van der Waals surface area contributed by atoms with Crippen LogP contribution in [0.4, 0.5) is 0 Å². The van der Waals surface area contributed by atoms with Crippen molar-refractivity contribution in [3.05, 3.63) is 42.1 Å². The van der Waals surface area contributed by atoms with Crippen molar-refractivity contribution in [2.24, 2.45) is 0 Å². The zero-order chi connectivity index (χ0) is 11.5. The lowest BCUT2D eigenvalue weighted by Gasteiger charge is -2.05. The zero-order valence-corrected chi connectivity index (χ0v) is 8.71. The number of aromatic nitrogens is 1. The normalized spacial score (nSPS) is 10.1. The second-order valence-corrected chi connectivity index (χ2v) is 3.43. The molecule has 4 heteroatoms. The van der Waals surface area contributed by atoms with Gasteiger partial charge in [-0.2, -0.15) is 0 Å². The second kappa shape index (κ2) is 4.10. The Bertz CT molecular complexity index is 494. The first kappa shape index (κ1) is 10.3. The van der Waals surface area contributed by atoms with Crippen molar-refractivity contribution in [1.82, 2.24) is 4.98 Å². The van der Waals surface area contributed by atoms with E-state index < -0.39 is 0 Å². The Labute approximate surface area is 92.8 Å². The summed E-state index contributed by atoms with van der Waals surface area (Å²) in [6, 6.07) is 7.86. The van der Waals surface area contributed by atoms with Crippen molar-refractivity contribution in [2.45, 2.75) is 6.92 Å². The third kappa shape index (κ3) is 2.23. The minimum atomic E-state index is -0.218. The van der Waals surface area contributed by atoms with Gasteiger partial charge in [0.2, 0.25) is 5.88 Å². The molecule has 1 heterocycles. The third-order valence-electron chi connectivity index (χ3n) is 2.05. The Morgan fingerprint density at radius 2 is 1.88 bits per heavy atom. The summed E-state index contributed by atoms with van der Waals surface area (Å²) in [6.07, 6.45) is 1.69. The topological polar surface area (TPSA) is 62.6 Å². The van der Waals surface area contributed by atoms with Gasteiger partial charge in [-0.3, -0.25) is 0 Å². The molecule has 0 atom stereocenters. The maximum Gasteiger partial charge on any atom is 0.219 e. The summed E-state index contributed by atoms with van der Waals surface area (Å²) in [5.41, 5.74) is 1.04. The average Bonchev–Trinajstić information content (AvgIpc) is 2.27. The Hall–Kier alpha value is -2.23. The van der Waals surface area contributed by atoms with Crippen molar-refractivity contribution >= 4 is 0 Å². The molecule has 0 spiro atoms. The van der Waals surface area contributed by atoms with Crippen LogP contribution in [0.2, 0.25) is 0 Å². The molecule has 0 saturated heterocycles. The Morgan fingerprint density at radius 1 is 1.06 bits per heavy atom. The van der Waals surface area contributed by atoms with E-state index in [4.69, 9.17) is 9.84 Å². The molecular formula is C12H11NO3. The van der Waals surface area contributed by atoms with Crippen LogP contribution < -0.4 is 4.74 Å². The quantitative estimate of drug-likeness (QED) is 0.759. The molecule has 16 heavy (non-hydrogen) atoms. The maximum absolute atomic E-state index is 9.27. The van der Waals surface area contributed by atoms with Crippen LogP contribution in [0.15, 0.2) is 36.5 Å². The van der Waals surface area contributed by atoms with Crippen LogP contribution in [0, 0.1) is 6.92 Å². The van der Waals surface area contributed by atoms with E-state index in [1.165, 1.54) is 12.1 Å². The van der Waals surface area contributed by atoms with Gasteiger partial charge in [0.15, 0.2) is 11.5 Å². The number of ether oxygens (including phenoxy) is 1. The fourth-order valence-corrected chi connectivity index (χ4v) is 1.20. The molecule has 0 unspecified atom stereocenters. The van der Waals surface area contributed by atoms with Crippen LogP contribution in [0.5, 0.6) is 23.1 Å². The highest BCUT2D eigenvalue weighted by molar-refractivity contribution is 5.44. The van der Waals surface area contributed by atoms with Gasteiger partial charge < -0.3 is 14.9 Å². The molecule has 82 valence electrons. The predicted molar refractivity (Wildman–Crippen MR) is 58.8 cm³/mol. The highest BCUT2D eigenvalue weighted by Crippen LogP contribution is 2.30. The molecule has 4 nitrogen and oxygen atoms in total. The summed E-state index contributed by atoms with van der Waals surface area (Å²) in [5, 5.41) is 18.4. The van der Waals surface area contributed by atoms with Crippen molar-refractivity contribution in [1.29, 1.82) is 0 Å². The molecule has 2 aromatic rings. The molecule has 0 fully saturated rings. The molecule has 0 saturated carbocycles. The molecule has 0 aliphatic heterocycles. The number of hydrogen-bond donors (Lipinski definition) is 2. The van der Waals surface area contributed by atoms with Crippen molar-refractivity contribution < 1.29 is 14.9 Å². The largest absolute Gasteiger partial charge is 0.504 e. The van der Waals surface area contributed by atoms with E-state index in [2.05, 4.69) is 4.98 Å². The van der Waals surface area contributed by atoms with Gasteiger partial charge in [0.25, 0.3) is 0 Å². The second-order valence-electron chi connectivity index (χ2n) is 3.43. The fourth-order valence-electron chi connectivity index (χ4n) is 1.20. The zero-order valence-electron chi connectivity index (χ0n) is 8.71. The van der Waals surface area contributed by atoms with E-state index in [-0.39, 0.29) is 11.5 Å². The van der Waals surface area contributed by atoms with Crippen LogP contribution in [-0.2, 0) is 0 Å². The van der Waals surface area contributed by atoms with Crippen molar-refractivity contribution in [3.8, 4) is 23.1 Å². The van der Waals surface area contributed by atoms with Gasteiger partial charge in [-0.15, -0.1) is 0 Å². The summed E-state index contributed by atoms with van der Waals surface area (Å²) < 4.78 is 5.39. The third-order valence-corrected chi connectivity index (χ3v) is 2.05. The van der Waals surface area contributed by atoms with E-state index in [1.54, 1.807) is 18.3 Å². The van der Waals surface area contributed by atoms with E-state index in [1.807, 2.05) is 13.0 Å². The SMILES string of the molecule is Cc1ccc(Oc2ccc(O)c(O)c2)nc1. The lowest BCUT2D eigenvalue weighted by molar-refractivity contribution is 0.396. The summed E-state index contributed by atoms with van der Waals surface area (Å²) in [4.78, 5) is 4.06. The number of aryl methyl sites for hydroxylation is 1. The van der Waals surface area contributed by atoms with Gasteiger partial charge in [0.1, 0.15) is 5.75 Å². The Morgan fingerprint density at radius 3 is 2.50 bits per heavy atom. The molecule has 1 aromatic carbocycles. The number of nitrogens with zero attached hydrogens (tertiary/aromatic N) is 1. The molecule has 0 amide bonds. The van der Waals surface area contributed by atoms with Gasteiger partial charge in [0, 0.05) is 18.3 Å². The highest BCUT2D eigenvalue weighted by atomic mass is 16.5. The van der Waals surface area contributed by atoms with Crippen LogP contribution in [0.1, 0.15) is 5.56 Å². The molecular weight excluding hydrogens is 206 g/mol. The first-order valence-electron chi connectivity index (χ1n) is 4.77. The predicted octanol–water partition coefficient (Wildman–Crippen LogP) is 2.59. The first-order chi connectivity index (χ1) is 7.65. The van der Waals surface area contributed by atoms with Crippen molar-refractivity contribution in [3.63, 3.8) is 0 Å². The van der Waals surface area contributed by atoms with Gasteiger partial charge in [-0.05, 0) is 24.6 Å². The number of phenols is 2. The van der Waals surface area contributed by atoms with Crippen LogP contribution >= 0.6 is 0 Å². The summed E-state index contributed by atoms with van der Waals surface area (Å²) in [6.45, 7) is 1.93. The van der Waals surface area contributed by atoms with Crippen LogP contribution in [0.3, 0.4) is 0 Å². The standard InChI is InChI=1S/C12H11NO3/c1-8-2-5-12(13-7-8)16-9-3-4-10(14)11(15)6-9/h2-7,14-15H,1H3. The molecule has 0 aliphatic rings. The molecule has 0 aliphatic carbocycles. The van der Waals surface area contributed by atoms with Gasteiger partial charge in [-0.25, -0.2) is 4.98 Å².